The number of ketones is 1. The molecule has 6 nitrogen and oxygen atoms in total. The molecule has 4 rings (SSSR count). The number of hydrogen-bond donors (Lipinski definition) is 2. The third kappa shape index (κ3) is 3.40. The Morgan fingerprint density at radius 3 is 2.63 bits per heavy atom. The van der Waals surface area contributed by atoms with Crippen molar-refractivity contribution in [2.75, 3.05) is 0 Å². The predicted molar refractivity (Wildman–Crippen MR) is 105 cm³/mol. The van der Waals surface area contributed by atoms with Crippen LogP contribution in [0, 0.1) is 0 Å². The topological polar surface area (TPSA) is 102 Å². The van der Waals surface area contributed by atoms with Gasteiger partial charge in [-0.3, -0.25) is 14.6 Å². The summed E-state index contributed by atoms with van der Waals surface area (Å²) < 4.78 is 0. The van der Waals surface area contributed by atoms with Crippen LogP contribution in [-0.2, 0) is 4.79 Å². The lowest BCUT2D eigenvalue weighted by molar-refractivity contribution is -0.113. The van der Waals surface area contributed by atoms with Crippen LogP contribution in [0.3, 0.4) is 0 Å². The van der Waals surface area contributed by atoms with Gasteiger partial charge in [-0.15, -0.1) is 11.3 Å². The maximum Gasteiger partial charge on any atom is 0.241 e. The first-order valence-corrected chi connectivity index (χ1v) is 8.98. The van der Waals surface area contributed by atoms with Gasteiger partial charge in [0.05, 0.1) is 10.4 Å². The SMILES string of the molecule is NC(=O)C=Cc1c[nH]c2ncc(-c3ccc(C(=O)c4cncs4)cc3)cc12. The Balaban J connectivity index is 1.67. The third-order valence-corrected chi connectivity index (χ3v) is 4.90. The smallest absolute Gasteiger partial charge is 0.241 e. The number of thiazole rings is 1. The molecule has 3 aromatic heterocycles. The van der Waals surface area contributed by atoms with Gasteiger partial charge in [-0.1, -0.05) is 24.3 Å². The number of H-pyrrole nitrogens is 1. The van der Waals surface area contributed by atoms with E-state index in [-0.39, 0.29) is 5.78 Å². The lowest BCUT2D eigenvalue weighted by Crippen LogP contribution is -2.04. The molecule has 1 amide bonds. The number of pyridine rings is 1. The summed E-state index contributed by atoms with van der Waals surface area (Å²) in [5.41, 5.74) is 10.8. The van der Waals surface area contributed by atoms with Crippen LogP contribution in [0.15, 0.2) is 60.5 Å². The summed E-state index contributed by atoms with van der Waals surface area (Å²) in [6.45, 7) is 0. The van der Waals surface area contributed by atoms with Crippen LogP contribution in [0.25, 0.3) is 28.2 Å². The third-order valence-electron chi connectivity index (χ3n) is 4.13. The van der Waals surface area contributed by atoms with Crippen LogP contribution >= 0.6 is 11.3 Å². The molecule has 0 radical (unpaired) electrons. The maximum atomic E-state index is 12.4. The van der Waals surface area contributed by atoms with Crippen molar-refractivity contribution in [3.05, 3.63) is 76.5 Å². The molecule has 0 spiro atoms. The highest BCUT2D eigenvalue weighted by molar-refractivity contribution is 7.11. The van der Waals surface area contributed by atoms with Crippen LogP contribution in [0.4, 0.5) is 0 Å². The highest BCUT2D eigenvalue weighted by Crippen LogP contribution is 2.26. The fourth-order valence-corrected chi connectivity index (χ4v) is 3.36. The molecule has 7 heteroatoms. The monoisotopic (exact) mass is 374 g/mol. The summed E-state index contributed by atoms with van der Waals surface area (Å²) in [5, 5.41) is 0.884. The molecule has 3 heterocycles. The van der Waals surface area contributed by atoms with E-state index < -0.39 is 5.91 Å². The highest BCUT2D eigenvalue weighted by Gasteiger charge is 2.11. The zero-order valence-electron chi connectivity index (χ0n) is 14.0. The van der Waals surface area contributed by atoms with Gasteiger partial charge in [0.2, 0.25) is 11.7 Å². The van der Waals surface area contributed by atoms with Crippen LogP contribution in [0.2, 0.25) is 0 Å². The number of carbonyl (C=O) groups is 2. The predicted octanol–water partition coefficient (Wildman–Crippen LogP) is 3.42. The quantitative estimate of drug-likeness (QED) is 0.413. The van der Waals surface area contributed by atoms with E-state index >= 15 is 0 Å². The molecule has 3 N–H and O–H groups in total. The number of hydrogen-bond acceptors (Lipinski definition) is 5. The Morgan fingerprint density at radius 1 is 1.11 bits per heavy atom. The van der Waals surface area contributed by atoms with Crippen molar-refractivity contribution < 1.29 is 9.59 Å². The average molecular weight is 374 g/mol. The molecule has 0 bridgehead atoms. The molecule has 0 saturated heterocycles. The lowest BCUT2D eigenvalue weighted by atomic mass is 10.0. The Labute approximate surface area is 158 Å². The number of aromatic nitrogens is 3. The molecule has 4 aromatic rings. The van der Waals surface area contributed by atoms with Crippen molar-refractivity contribution >= 4 is 40.1 Å². The molecule has 1 aromatic carbocycles. The lowest BCUT2D eigenvalue weighted by Gasteiger charge is -2.04. The summed E-state index contributed by atoms with van der Waals surface area (Å²) in [5.74, 6) is -0.545. The number of nitrogens with two attached hydrogens (primary N) is 1. The maximum absolute atomic E-state index is 12.4. The summed E-state index contributed by atoms with van der Waals surface area (Å²) in [6, 6.07) is 9.37. The van der Waals surface area contributed by atoms with E-state index in [2.05, 4.69) is 15.0 Å². The fraction of sp³-hybridized carbons (Fsp3) is 0. The van der Waals surface area contributed by atoms with E-state index in [0.29, 0.717) is 10.4 Å². The number of benzene rings is 1. The highest BCUT2D eigenvalue weighted by atomic mass is 32.1. The van der Waals surface area contributed by atoms with Crippen LogP contribution in [0.5, 0.6) is 0 Å². The molecule has 0 aliphatic rings. The van der Waals surface area contributed by atoms with E-state index in [1.54, 1.807) is 42.3 Å². The first kappa shape index (κ1) is 16.9. The number of primary amides is 1. The number of nitrogens with zero attached hydrogens (tertiary/aromatic N) is 2. The van der Waals surface area contributed by atoms with E-state index in [9.17, 15) is 9.59 Å². The van der Waals surface area contributed by atoms with Crippen molar-refractivity contribution in [2.24, 2.45) is 5.73 Å². The Hall–Kier alpha value is -3.58. The molecular formula is C20H14N4O2S. The minimum atomic E-state index is -0.505. The van der Waals surface area contributed by atoms with Crippen molar-refractivity contribution in [1.82, 2.24) is 15.0 Å². The van der Waals surface area contributed by atoms with Gasteiger partial charge in [0.25, 0.3) is 0 Å². The normalized spacial score (nSPS) is 11.3. The van der Waals surface area contributed by atoms with E-state index in [4.69, 9.17) is 5.73 Å². The zero-order valence-corrected chi connectivity index (χ0v) is 14.9. The van der Waals surface area contributed by atoms with E-state index in [1.807, 2.05) is 18.2 Å². The standard InChI is InChI=1S/C20H14N4O2S/c21-18(25)6-5-14-8-23-20-16(14)7-15(9-24-20)12-1-3-13(4-2-12)19(26)17-10-22-11-27-17/h1-11H,(H2,21,25)(H,23,24). The van der Waals surface area contributed by atoms with Crippen LogP contribution < -0.4 is 5.73 Å². The number of aromatic amines is 1. The number of amides is 1. The largest absolute Gasteiger partial charge is 0.366 e. The first-order chi connectivity index (χ1) is 13.1. The summed E-state index contributed by atoms with van der Waals surface area (Å²) >= 11 is 1.32. The van der Waals surface area contributed by atoms with Crippen LogP contribution in [-0.4, -0.2) is 26.6 Å². The van der Waals surface area contributed by atoms with Gasteiger partial charge < -0.3 is 10.7 Å². The summed E-state index contributed by atoms with van der Waals surface area (Å²) in [6.07, 6.45) is 8.09. The number of fused-ring (bicyclic) bond motifs is 1. The second-order valence-corrected chi connectivity index (χ2v) is 6.76. The van der Waals surface area contributed by atoms with Gasteiger partial charge in [0.1, 0.15) is 5.65 Å². The molecule has 27 heavy (non-hydrogen) atoms. The summed E-state index contributed by atoms with van der Waals surface area (Å²) in [7, 11) is 0. The average Bonchev–Trinajstić information content (AvgIpc) is 3.35. The Kier molecular flexibility index (Phi) is 4.35. The fourth-order valence-electron chi connectivity index (χ4n) is 2.78. The van der Waals surface area contributed by atoms with Gasteiger partial charge in [0, 0.05) is 46.7 Å². The van der Waals surface area contributed by atoms with Gasteiger partial charge >= 0.3 is 0 Å². The number of nitrogens with one attached hydrogen (secondary N) is 1. The molecule has 0 aliphatic carbocycles. The van der Waals surface area contributed by atoms with Crippen LogP contribution in [0.1, 0.15) is 20.8 Å². The zero-order chi connectivity index (χ0) is 18.8. The van der Waals surface area contributed by atoms with E-state index in [0.717, 1.165) is 27.7 Å². The minimum Gasteiger partial charge on any atom is -0.366 e. The molecular weight excluding hydrogens is 360 g/mol. The molecule has 0 aliphatic heterocycles. The molecule has 0 saturated carbocycles. The van der Waals surface area contributed by atoms with Crippen molar-refractivity contribution in [3.63, 3.8) is 0 Å². The van der Waals surface area contributed by atoms with Crippen molar-refractivity contribution in [2.45, 2.75) is 0 Å². The second kappa shape index (κ2) is 6.97. The second-order valence-electron chi connectivity index (χ2n) is 5.87. The Morgan fingerprint density at radius 2 is 1.93 bits per heavy atom. The van der Waals surface area contributed by atoms with Gasteiger partial charge in [0.15, 0.2) is 0 Å². The van der Waals surface area contributed by atoms with Gasteiger partial charge in [-0.05, 0) is 17.7 Å². The molecule has 0 unspecified atom stereocenters. The van der Waals surface area contributed by atoms with Crippen molar-refractivity contribution in [1.29, 1.82) is 0 Å². The summed E-state index contributed by atoms with van der Waals surface area (Å²) in [4.78, 5) is 35.4. The number of carbonyl (C=O) groups excluding carboxylic acids is 2. The molecule has 0 atom stereocenters. The minimum absolute atomic E-state index is 0.0397. The van der Waals surface area contributed by atoms with Gasteiger partial charge in [-0.25, -0.2) is 4.98 Å². The first-order valence-electron chi connectivity index (χ1n) is 8.10. The molecule has 132 valence electrons. The van der Waals surface area contributed by atoms with Crippen molar-refractivity contribution in [3.8, 4) is 11.1 Å². The molecule has 0 fully saturated rings. The van der Waals surface area contributed by atoms with E-state index in [1.165, 1.54) is 17.4 Å². The Bertz CT molecular complexity index is 1160. The number of rotatable bonds is 5. The van der Waals surface area contributed by atoms with Gasteiger partial charge in [-0.2, -0.15) is 0 Å².